The Kier molecular flexibility index (Phi) is 10.2. The summed E-state index contributed by atoms with van der Waals surface area (Å²) in [5.41, 5.74) is 4.45. The Hall–Kier alpha value is -2.07. The average Bonchev–Trinajstić information content (AvgIpc) is 2.72. The van der Waals surface area contributed by atoms with Gasteiger partial charge in [-0.05, 0) is 42.7 Å². The Morgan fingerprint density at radius 1 is 1.07 bits per heavy atom. The van der Waals surface area contributed by atoms with Crippen LogP contribution in [-0.4, -0.2) is 5.84 Å². The van der Waals surface area contributed by atoms with E-state index < -0.39 is 0 Å². The number of anilines is 1. The van der Waals surface area contributed by atoms with E-state index in [9.17, 15) is 0 Å². The second kappa shape index (κ2) is 12.6. The standard InChI is InChI=1S/C20H22BrN3.C6H14/c1-13(2)12-14(3)22-20-17-6-4-5-7-18(17)23-19(24-20)15-8-10-16(21)11-9-15;1-3-5-6-4-2/h4-13,19,23H,1-3H3,(H,22,24);3-6H2,1-2H3/b14-12+;. The number of aliphatic imine (C=N–C) groups is 1. The maximum atomic E-state index is 4.91. The van der Waals surface area contributed by atoms with Crippen molar-refractivity contribution in [2.45, 2.75) is 66.5 Å². The largest absolute Gasteiger partial charge is 0.359 e. The molecular weight excluding hydrogens is 434 g/mol. The van der Waals surface area contributed by atoms with Crippen LogP contribution in [0.15, 0.2) is 69.8 Å². The highest BCUT2D eigenvalue weighted by atomic mass is 79.9. The van der Waals surface area contributed by atoms with Crippen molar-refractivity contribution >= 4 is 27.5 Å². The lowest BCUT2D eigenvalue weighted by atomic mass is 10.1. The van der Waals surface area contributed by atoms with Crippen molar-refractivity contribution in [3.8, 4) is 0 Å². The van der Waals surface area contributed by atoms with Crippen LogP contribution in [0.4, 0.5) is 5.69 Å². The minimum atomic E-state index is -0.0950. The normalized spacial score (nSPS) is 15.5. The predicted molar refractivity (Wildman–Crippen MR) is 135 cm³/mol. The lowest BCUT2D eigenvalue weighted by Gasteiger charge is -2.26. The van der Waals surface area contributed by atoms with Gasteiger partial charge in [-0.2, -0.15) is 0 Å². The number of unbranched alkanes of at least 4 members (excludes halogenated alkanes) is 3. The van der Waals surface area contributed by atoms with Gasteiger partial charge in [-0.15, -0.1) is 0 Å². The molecule has 0 saturated heterocycles. The number of amidine groups is 1. The summed E-state index contributed by atoms with van der Waals surface area (Å²) in [5, 5.41) is 6.99. The van der Waals surface area contributed by atoms with Gasteiger partial charge in [-0.3, -0.25) is 0 Å². The fraction of sp³-hybridized carbons (Fsp3) is 0.423. The molecule has 2 N–H and O–H groups in total. The minimum absolute atomic E-state index is 0.0950. The quantitative estimate of drug-likeness (QED) is 0.419. The monoisotopic (exact) mass is 469 g/mol. The van der Waals surface area contributed by atoms with E-state index in [1.165, 1.54) is 25.7 Å². The Morgan fingerprint density at radius 3 is 2.30 bits per heavy atom. The maximum absolute atomic E-state index is 4.91. The number of nitrogens with zero attached hydrogens (tertiary/aromatic N) is 1. The molecule has 0 fully saturated rings. The molecule has 0 bridgehead atoms. The third-order valence-electron chi connectivity index (χ3n) is 4.77. The van der Waals surface area contributed by atoms with Crippen LogP contribution in [0.5, 0.6) is 0 Å². The molecule has 1 atom stereocenters. The Morgan fingerprint density at radius 2 is 1.70 bits per heavy atom. The number of rotatable bonds is 6. The molecule has 0 aromatic heterocycles. The van der Waals surface area contributed by atoms with Crippen molar-refractivity contribution in [3.05, 3.63) is 75.9 Å². The lowest BCUT2D eigenvalue weighted by Crippen LogP contribution is -2.29. The van der Waals surface area contributed by atoms with Gasteiger partial charge < -0.3 is 10.6 Å². The number of allylic oxidation sites excluding steroid dienone is 2. The van der Waals surface area contributed by atoms with E-state index in [0.29, 0.717) is 5.92 Å². The smallest absolute Gasteiger partial charge is 0.147 e. The molecule has 3 nitrogen and oxygen atoms in total. The van der Waals surface area contributed by atoms with Crippen molar-refractivity contribution in [2.24, 2.45) is 10.9 Å². The fourth-order valence-electron chi connectivity index (χ4n) is 3.32. The zero-order chi connectivity index (χ0) is 21.9. The van der Waals surface area contributed by atoms with E-state index in [2.05, 4.69) is 91.5 Å². The van der Waals surface area contributed by atoms with Crippen molar-refractivity contribution in [1.29, 1.82) is 0 Å². The fourth-order valence-corrected chi connectivity index (χ4v) is 3.59. The van der Waals surface area contributed by atoms with Gasteiger partial charge in [0.15, 0.2) is 0 Å². The lowest BCUT2D eigenvalue weighted by molar-refractivity contribution is 0.702. The summed E-state index contributed by atoms with van der Waals surface area (Å²) in [7, 11) is 0. The van der Waals surface area contributed by atoms with Gasteiger partial charge in [0.25, 0.3) is 0 Å². The van der Waals surface area contributed by atoms with Crippen LogP contribution >= 0.6 is 15.9 Å². The number of hydrogen-bond acceptors (Lipinski definition) is 3. The van der Waals surface area contributed by atoms with E-state index >= 15 is 0 Å². The molecule has 0 spiro atoms. The zero-order valence-electron chi connectivity index (χ0n) is 19.0. The molecule has 162 valence electrons. The van der Waals surface area contributed by atoms with E-state index in [-0.39, 0.29) is 6.17 Å². The number of benzene rings is 2. The second-order valence-corrected chi connectivity index (χ2v) is 8.96. The van der Waals surface area contributed by atoms with Crippen LogP contribution in [-0.2, 0) is 0 Å². The highest BCUT2D eigenvalue weighted by Crippen LogP contribution is 2.30. The summed E-state index contributed by atoms with van der Waals surface area (Å²) >= 11 is 3.49. The summed E-state index contributed by atoms with van der Waals surface area (Å²) in [4.78, 5) is 4.91. The highest BCUT2D eigenvalue weighted by molar-refractivity contribution is 9.10. The van der Waals surface area contributed by atoms with E-state index in [1.54, 1.807) is 0 Å². The molecule has 0 amide bonds. The topological polar surface area (TPSA) is 36.4 Å². The molecule has 30 heavy (non-hydrogen) atoms. The maximum Gasteiger partial charge on any atom is 0.147 e. The summed E-state index contributed by atoms with van der Waals surface area (Å²) in [6.07, 6.45) is 7.65. The third-order valence-corrected chi connectivity index (χ3v) is 5.30. The second-order valence-electron chi connectivity index (χ2n) is 8.05. The molecule has 0 saturated carbocycles. The molecule has 1 aliphatic heterocycles. The van der Waals surface area contributed by atoms with Gasteiger partial charge in [-0.1, -0.05) is 99.6 Å². The van der Waals surface area contributed by atoms with Crippen LogP contribution < -0.4 is 10.6 Å². The Bertz CT molecular complexity index is 834. The van der Waals surface area contributed by atoms with E-state index in [0.717, 1.165) is 32.8 Å². The number of para-hydroxylation sites is 1. The number of fused-ring (bicyclic) bond motifs is 1. The van der Waals surface area contributed by atoms with E-state index in [4.69, 9.17) is 4.99 Å². The molecule has 3 rings (SSSR count). The van der Waals surface area contributed by atoms with Gasteiger partial charge in [0.1, 0.15) is 12.0 Å². The number of nitrogens with one attached hydrogen (secondary N) is 2. The molecule has 4 heteroatoms. The summed E-state index contributed by atoms with van der Waals surface area (Å²) < 4.78 is 1.07. The molecule has 1 heterocycles. The minimum Gasteiger partial charge on any atom is -0.359 e. The van der Waals surface area contributed by atoms with Crippen molar-refractivity contribution < 1.29 is 0 Å². The van der Waals surface area contributed by atoms with Crippen LogP contribution in [0, 0.1) is 5.92 Å². The molecule has 0 aliphatic carbocycles. The van der Waals surface area contributed by atoms with Gasteiger partial charge >= 0.3 is 0 Å². The van der Waals surface area contributed by atoms with Crippen LogP contribution in [0.3, 0.4) is 0 Å². The SMILES string of the molecule is C/C(=C\C(C)C)NC1=NC(c2ccc(Br)cc2)Nc2ccccc21.CCCCCC. The summed E-state index contributed by atoms with van der Waals surface area (Å²) in [6.45, 7) is 10.9. The summed E-state index contributed by atoms with van der Waals surface area (Å²) in [5.74, 6) is 1.41. The van der Waals surface area contributed by atoms with Crippen molar-refractivity contribution in [2.75, 3.05) is 5.32 Å². The first-order valence-corrected chi connectivity index (χ1v) is 11.9. The van der Waals surface area contributed by atoms with Crippen LogP contribution in [0.1, 0.15) is 77.6 Å². The Labute approximate surface area is 191 Å². The van der Waals surface area contributed by atoms with Crippen molar-refractivity contribution in [3.63, 3.8) is 0 Å². The first kappa shape index (κ1) is 24.2. The summed E-state index contributed by atoms with van der Waals surface area (Å²) in [6, 6.07) is 16.5. The molecule has 0 radical (unpaired) electrons. The third kappa shape index (κ3) is 7.64. The Balaban J connectivity index is 0.000000469. The molecule has 2 aromatic carbocycles. The molecule has 2 aromatic rings. The molecular formula is C26H36BrN3. The highest BCUT2D eigenvalue weighted by Gasteiger charge is 2.21. The first-order valence-electron chi connectivity index (χ1n) is 11.1. The number of halogens is 1. The van der Waals surface area contributed by atoms with Crippen LogP contribution in [0.2, 0.25) is 0 Å². The van der Waals surface area contributed by atoms with Gasteiger partial charge in [0.2, 0.25) is 0 Å². The van der Waals surface area contributed by atoms with Crippen molar-refractivity contribution in [1.82, 2.24) is 5.32 Å². The predicted octanol–water partition coefficient (Wildman–Crippen LogP) is 8.06. The zero-order valence-corrected chi connectivity index (χ0v) is 20.6. The van der Waals surface area contributed by atoms with Gasteiger partial charge in [0, 0.05) is 21.4 Å². The number of hydrogen-bond donors (Lipinski definition) is 2. The first-order chi connectivity index (χ1) is 14.4. The van der Waals surface area contributed by atoms with Gasteiger partial charge in [-0.25, -0.2) is 4.99 Å². The molecule has 1 aliphatic rings. The van der Waals surface area contributed by atoms with Gasteiger partial charge in [0.05, 0.1) is 0 Å². The van der Waals surface area contributed by atoms with E-state index in [1.807, 2.05) is 24.3 Å². The van der Waals surface area contributed by atoms with Crippen LogP contribution in [0.25, 0.3) is 0 Å². The molecule has 1 unspecified atom stereocenters. The average molecular weight is 470 g/mol.